The van der Waals surface area contributed by atoms with E-state index < -0.39 is 12.2 Å². The van der Waals surface area contributed by atoms with Crippen LogP contribution in [-0.2, 0) is 0 Å². The van der Waals surface area contributed by atoms with Crippen molar-refractivity contribution in [3.05, 3.63) is 65.2 Å². The maximum atomic E-state index is 13.0. The summed E-state index contributed by atoms with van der Waals surface area (Å²) >= 11 is 5.70. The SMILES string of the molecule is FC(F)(F)[C@@H](C#Cc1ccccc1)Nc1ccc(Cl)cc1. The Kier molecular flexibility index (Phi) is 4.77. The summed E-state index contributed by atoms with van der Waals surface area (Å²) in [5.74, 6) is 4.74. The quantitative estimate of drug-likeness (QED) is 0.790. The van der Waals surface area contributed by atoms with Gasteiger partial charge in [0.1, 0.15) is 0 Å². The molecule has 0 spiro atoms. The number of rotatable bonds is 2. The third-order valence-corrected chi connectivity index (χ3v) is 2.87. The van der Waals surface area contributed by atoms with Crippen molar-refractivity contribution in [2.75, 3.05) is 5.32 Å². The lowest BCUT2D eigenvalue weighted by Crippen LogP contribution is -2.34. The standard InChI is InChI=1S/C16H11ClF3N/c17-13-7-9-14(10-8-13)21-15(16(18,19)20)11-6-12-4-2-1-3-5-12/h1-5,7-10,15,21H/t15-/m1/s1. The normalized spacial score (nSPS) is 12.2. The van der Waals surface area contributed by atoms with Crippen molar-refractivity contribution < 1.29 is 13.2 Å². The van der Waals surface area contributed by atoms with E-state index in [0.717, 1.165) is 0 Å². The van der Waals surface area contributed by atoms with Gasteiger partial charge in [-0.05, 0) is 36.4 Å². The first-order valence-electron chi connectivity index (χ1n) is 6.10. The van der Waals surface area contributed by atoms with Crippen LogP contribution in [0.5, 0.6) is 0 Å². The molecular formula is C16H11ClF3N. The highest BCUT2D eigenvalue weighted by atomic mass is 35.5. The zero-order valence-electron chi connectivity index (χ0n) is 10.8. The molecule has 1 atom stereocenters. The lowest BCUT2D eigenvalue weighted by Gasteiger charge is -2.17. The van der Waals surface area contributed by atoms with Crippen LogP contribution in [0.2, 0.25) is 5.02 Å². The minimum atomic E-state index is -4.47. The van der Waals surface area contributed by atoms with Crippen molar-refractivity contribution in [2.24, 2.45) is 0 Å². The highest BCUT2D eigenvalue weighted by Gasteiger charge is 2.38. The van der Waals surface area contributed by atoms with Gasteiger partial charge in [-0.25, -0.2) is 0 Å². The fraction of sp³-hybridized carbons (Fsp3) is 0.125. The first-order chi connectivity index (χ1) is 9.95. The summed E-state index contributed by atoms with van der Waals surface area (Å²) in [4.78, 5) is 0. The monoisotopic (exact) mass is 309 g/mol. The smallest absolute Gasteiger partial charge is 0.364 e. The number of anilines is 1. The van der Waals surface area contributed by atoms with E-state index in [-0.39, 0.29) is 0 Å². The lowest BCUT2D eigenvalue weighted by atomic mass is 10.2. The summed E-state index contributed by atoms with van der Waals surface area (Å²) in [6, 6.07) is 12.6. The van der Waals surface area contributed by atoms with Crippen LogP contribution in [0.3, 0.4) is 0 Å². The molecular weight excluding hydrogens is 299 g/mol. The van der Waals surface area contributed by atoms with Gasteiger partial charge in [0.15, 0.2) is 6.04 Å². The average molecular weight is 310 g/mol. The second kappa shape index (κ2) is 6.55. The molecule has 2 aromatic carbocycles. The number of hydrogen-bond donors (Lipinski definition) is 1. The van der Waals surface area contributed by atoms with Gasteiger partial charge in [0.25, 0.3) is 0 Å². The Labute approximate surface area is 125 Å². The molecule has 0 saturated heterocycles. The van der Waals surface area contributed by atoms with Crippen LogP contribution < -0.4 is 5.32 Å². The Balaban J connectivity index is 2.20. The summed E-state index contributed by atoms with van der Waals surface area (Å²) in [6.07, 6.45) is -4.47. The molecule has 0 heterocycles. The Bertz CT molecular complexity index is 639. The van der Waals surface area contributed by atoms with Gasteiger partial charge in [0.2, 0.25) is 0 Å². The minimum absolute atomic E-state index is 0.309. The Hall–Kier alpha value is -2.12. The third kappa shape index (κ3) is 4.73. The molecule has 2 aromatic rings. The molecule has 2 rings (SSSR count). The van der Waals surface area contributed by atoms with Crippen LogP contribution in [0.25, 0.3) is 0 Å². The first kappa shape index (κ1) is 15.3. The zero-order chi connectivity index (χ0) is 15.3. The summed E-state index contributed by atoms with van der Waals surface area (Å²) in [6.45, 7) is 0. The molecule has 1 nitrogen and oxygen atoms in total. The fourth-order valence-corrected chi connectivity index (χ4v) is 1.72. The van der Waals surface area contributed by atoms with Crippen molar-refractivity contribution in [1.29, 1.82) is 0 Å². The summed E-state index contributed by atoms with van der Waals surface area (Å²) in [5, 5.41) is 2.82. The zero-order valence-corrected chi connectivity index (χ0v) is 11.5. The number of nitrogens with one attached hydrogen (secondary N) is 1. The number of halogens is 4. The number of benzene rings is 2. The van der Waals surface area contributed by atoms with Crippen molar-refractivity contribution in [2.45, 2.75) is 12.2 Å². The van der Waals surface area contributed by atoms with Crippen LogP contribution in [0.1, 0.15) is 5.56 Å². The van der Waals surface area contributed by atoms with E-state index in [9.17, 15) is 13.2 Å². The van der Waals surface area contributed by atoms with E-state index in [4.69, 9.17) is 11.6 Å². The third-order valence-electron chi connectivity index (χ3n) is 2.62. The molecule has 0 saturated carbocycles. The molecule has 1 N–H and O–H groups in total. The van der Waals surface area contributed by atoms with Gasteiger partial charge < -0.3 is 5.32 Å². The fourth-order valence-electron chi connectivity index (χ4n) is 1.59. The maximum Gasteiger partial charge on any atom is 0.420 e. The van der Waals surface area contributed by atoms with Crippen molar-refractivity contribution in [1.82, 2.24) is 0 Å². The number of hydrogen-bond acceptors (Lipinski definition) is 1. The molecule has 0 fully saturated rings. The van der Waals surface area contributed by atoms with Gasteiger partial charge in [-0.2, -0.15) is 13.2 Å². The summed E-state index contributed by atoms with van der Waals surface area (Å²) in [5.41, 5.74) is 0.841. The van der Waals surface area contributed by atoms with E-state index in [2.05, 4.69) is 17.2 Å². The largest absolute Gasteiger partial charge is 0.420 e. The van der Waals surface area contributed by atoms with E-state index in [1.165, 1.54) is 24.3 Å². The molecule has 0 bridgehead atoms. The molecule has 21 heavy (non-hydrogen) atoms. The van der Waals surface area contributed by atoms with Gasteiger partial charge in [0.05, 0.1) is 0 Å². The highest BCUT2D eigenvalue weighted by molar-refractivity contribution is 6.30. The molecule has 0 aliphatic heterocycles. The van der Waals surface area contributed by atoms with Crippen LogP contribution in [0.4, 0.5) is 18.9 Å². The Morgan fingerprint density at radius 2 is 1.57 bits per heavy atom. The van der Waals surface area contributed by atoms with Crippen LogP contribution in [-0.4, -0.2) is 12.2 Å². The van der Waals surface area contributed by atoms with Crippen molar-refractivity contribution in [3.8, 4) is 11.8 Å². The first-order valence-corrected chi connectivity index (χ1v) is 6.48. The lowest BCUT2D eigenvalue weighted by molar-refractivity contribution is -0.130. The van der Waals surface area contributed by atoms with E-state index in [1.54, 1.807) is 30.3 Å². The van der Waals surface area contributed by atoms with E-state index in [1.807, 2.05) is 0 Å². The Morgan fingerprint density at radius 1 is 0.952 bits per heavy atom. The highest BCUT2D eigenvalue weighted by Crippen LogP contribution is 2.24. The van der Waals surface area contributed by atoms with Gasteiger partial charge in [-0.15, -0.1) is 0 Å². The molecule has 5 heteroatoms. The van der Waals surface area contributed by atoms with E-state index in [0.29, 0.717) is 16.3 Å². The minimum Gasteiger partial charge on any atom is -0.364 e. The second-order valence-electron chi connectivity index (χ2n) is 4.26. The Morgan fingerprint density at radius 3 is 2.14 bits per heavy atom. The van der Waals surface area contributed by atoms with Gasteiger partial charge in [-0.1, -0.05) is 41.6 Å². The molecule has 0 amide bonds. The van der Waals surface area contributed by atoms with Crippen molar-refractivity contribution >= 4 is 17.3 Å². The second-order valence-corrected chi connectivity index (χ2v) is 4.70. The summed E-state index contributed by atoms with van der Waals surface area (Å²) < 4.78 is 39.0. The molecule has 0 radical (unpaired) electrons. The van der Waals surface area contributed by atoms with Crippen LogP contribution in [0, 0.1) is 11.8 Å². The van der Waals surface area contributed by atoms with Crippen molar-refractivity contribution in [3.63, 3.8) is 0 Å². The molecule has 0 aromatic heterocycles. The van der Waals surface area contributed by atoms with Crippen LogP contribution in [0.15, 0.2) is 54.6 Å². The van der Waals surface area contributed by atoms with Gasteiger partial charge in [0, 0.05) is 16.3 Å². The predicted octanol–water partition coefficient (Wildman–Crippen LogP) is 4.73. The number of alkyl halides is 3. The maximum absolute atomic E-state index is 13.0. The topological polar surface area (TPSA) is 12.0 Å². The predicted molar refractivity (Wildman–Crippen MR) is 78.2 cm³/mol. The molecule has 0 aliphatic rings. The van der Waals surface area contributed by atoms with Gasteiger partial charge >= 0.3 is 6.18 Å². The molecule has 0 aliphatic carbocycles. The summed E-state index contributed by atoms with van der Waals surface area (Å²) in [7, 11) is 0. The molecule has 0 unspecified atom stereocenters. The van der Waals surface area contributed by atoms with Crippen LogP contribution >= 0.6 is 11.6 Å². The van der Waals surface area contributed by atoms with E-state index >= 15 is 0 Å². The molecule has 108 valence electrons. The van der Waals surface area contributed by atoms with Gasteiger partial charge in [-0.3, -0.25) is 0 Å². The average Bonchev–Trinajstić information content (AvgIpc) is 2.45.